The Kier molecular flexibility index (Phi) is 4.34. The average Bonchev–Trinajstić information content (AvgIpc) is 2.49. The SMILES string of the molecule is O=c1ccc(-c2ccc(Br)cc2)nn1Cc1cc(F)cc(F)c1. The van der Waals surface area contributed by atoms with Gasteiger partial charge in [-0.2, -0.15) is 5.10 Å². The highest BCUT2D eigenvalue weighted by Crippen LogP contribution is 2.19. The van der Waals surface area contributed by atoms with Gasteiger partial charge < -0.3 is 0 Å². The minimum Gasteiger partial charge on any atom is -0.268 e. The van der Waals surface area contributed by atoms with Crippen molar-refractivity contribution in [2.75, 3.05) is 0 Å². The number of hydrogen-bond donors (Lipinski definition) is 0. The van der Waals surface area contributed by atoms with Crippen molar-refractivity contribution < 1.29 is 8.78 Å². The normalized spacial score (nSPS) is 10.7. The van der Waals surface area contributed by atoms with Gasteiger partial charge in [-0.3, -0.25) is 4.79 Å². The van der Waals surface area contributed by atoms with Crippen LogP contribution in [0, 0.1) is 11.6 Å². The molecule has 0 amide bonds. The number of halogens is 3. The molecule has 3 aromatic rings. The Hall–Kier alpha value is -2.34. The molecule has 1 aromatic heterocycles. The second-order valence-corrected chi connectivity index (χ2v) is 5.91. The summed E-state index contributed by atoms with van der Waals surface area (Å²) in [4.78, 5) is 11.9. The molecule has 0 aliphatic heterocycles. The topological polar surface area (TPSA) is 34.9 Å². The smallest absolute Gasteiger partial charge is 0.267 e. The molecule has 0 fully saturated rings. The van der Waals surface area contributed by atoms with Crippen molar-refractivity contribution in [1.29, 1.82) is 0 Å². The van der Waals surface area contributed by atoms with Crippen molar-refractivity contribution in [2.45, 2.75) is 6.54 Å². The highest BCUT2D eigenvalue weighted by molar-refractivity contribution is 9.10. The van der Waals surface area contributed by atoms with Gasteiger partial charge in [0.05, 0.1) is 12.2 Å². The zero-order valence-corrected chi connectivity index (χ0v) is 13.4. The van der Waals surface area contributed by atoms with Crippen LogP contribution in [0.5, 0.6) is 0 Å². The van der Waals surface area contributed by atoms with Gasteiger partial charge in [0.15, 0.2) is 0 Å². The molecule has 0 N–H and O–H groups in total. The van der Waals surface area contributed by atoms with E-state index in [1.165, 1.54) is 22.9 Å². The van der Waals surface area contributed by atoms with Gasteiger partial charge in [-0.05, 0) is 35.9 Å². The van der Waals surface area contributed by atoms with Gasteiger partial charge in [0.2, 0.25) is 0 Å². The summed E-state index contributed by atoms with van der Waals surface area (Å²) < 4.78 is 28.6. The zero-order valence-electron chi connectivity index (χ0n) is 11.8. The summed E-state index contributed by atoms with van der Waals surface area (Å²) in [5, 5.41) is 4.27. The Balaban J connectivity index is 1.97. The first-order valence-electron chi connectivity index (χ1n) is 6.80. The highest BCUT2D eigenvalue weighted by Gasteiger charge is 2.06. The predicted octanol–water partition coefficient (Wildman–Crippen LogP) is 4.00. The lowest BCUT2D eigenvalue weighted by Crippen LogP contribution is -2.23. The maximum atomic E-state index is 13.3. The van der Waals surface area contributed by atoms with E-state index >= 15 is 0 Å². The summed E-state index contributed by atoms with van der Waals surface area (Å²) in [6.45, 7) is -0.00210. The molecule has 2 aromatic carbocycles. The standard InChI is InChI=1S/C17H11BrF2N2O/c18-13-3-1-12(2-4-13)16-5-6-17(23)22(21-16)10-11-7-14(19)9-15(20)8-11/h1-9H,10H2. The van der Waals surface area contributed by atoms with Crippen molar-refractivity contribution in [3.8, 4) is 11.3 Å². The zero-order chi connectivity index (χ0) is 16.4. The molecule has 6 heteroatoms. The molecule has 116 valence electrons. The van der Waals surface area contributed by atoms with Crippen LogP contribution in [-0.2, 0) is 6.54 Å². The quantitative estimate of drug-likeness (QED) is 0.692. The van der Waals surface area contributed by atoms with E-state index in [-0.39, 0.29) is 12.1 Å². The summed E-state index contributed by atoms with van der Waals surface area (Å²) in [6.07, 6.45) is 0. The number of hydrogen-bond acceptors (Lipinski definition) is 2. The van der Waals surface area contributed by atoms with Crippen molar-refractivity contribution in [3.05, 3.63) is 86.6 Å². The fourth-order valence-corrected chi connectivity index (χ4v) is 2.48. The van der Waals surface area contributed by atoms with E-state index in [9.17, 15) is 13.6 Å². The lowest BCUT2D eigenvalue weighted by molar-refractivity contribution is 0.571. The van der Waals surface area contributed by atoms with Gasteiger partial charge >= 0.3 is 0 Å². The number of rotatable bonds is 3. The van der Waals surface area contributed by atoms with Crippen LogP contribution in [0.1, 0.15) is 5.56 Å². The Morgan fingerprint density at radius 2 is 1.61 bits per heavy atom. The van der Waals surface area contributed by atoms with Crippen LogP contribution in [-0.4, -0.2) is 9.78 Å². The third-order valence-electron chi connectivity index (χ3n) is 3.26. The Labute approximate surface area is 139 Å². The number of nitrogens with zero attached hydrogens (tertiary/aromatic N) is 2. The van der Waals surface area contributed by atoms with Gasteiger partial charge in [0.25, 0.3) is 5.56 Å². The van der Waals surface area contributed by atoms with E-state index in [1.807, 2.05) is 24.3 Å². The minimum absolute atomic E-state index is 0.00210. The molecule has 0 aliphatic carbocycles. The van der Waals surface area contributed by atoms with E-state index < -0.39 is 11.6 Å². The van der Waals surface area contributed by atoms with Gasteiger partial charge in [0, 0.05) is 22.2 Å². The first-order chi connectivity index (χ1) is 11.0. The molecule has 0 radical (unpaired) electrons. The van der Waals surface area contributed by atoms with E-state index in [2.05, 4.69) is 21.0 Å². The minimum atomic E-state index is -0.683. The van der Waals surface area contributed by atoms with Crippen molar-refractivity contribution in [1.82, 2.24) is 9.78 Å². The fraction of sp³-hybridized carbons (Fsp3) is 0.0588. The highest BCUT2D eigenvalue weighted by atomic mass is 79.9. The van der Waals surface area contributed by atoms with Crippen molar-refractivity contribution >= 4 is 15.9 Å². The van der Waals surface area contributed by atoms with Gasteiger partial charge in [-0.25, -0.2) is 13.5 Å². The van der Waals surface area contributed by atoms with E-state index in [0.29, 0.717) is 11.3 Å². The second-order valence-electron chi connectivity index (χ2n) is 5.00. The molecular formula is C17H11BrF2N2O. The molecule has 0 aliphatic rings. The summed E-state index contributed by atoms with van der Waals surface area (Å²) in [6, 6.07) is 13.6. The van der Waals surface area contributed by atoms with E-state index in [0.717, 1.165) is 16.1 Å². The molecule has 0 bridgehead atoms. The van der Waals surface area contributed by atoms with Gasteiger partial charge in [0.1, 0.15) is 11.6 Å². The van der Waals surface area contributed by atoms with Crippen LogP contribution in [0.3, 0.4) is 0 Å². The summed E-state index contributed by atoms with van der Waals surface area (Å²) in [5.41, 5.74) is 1.45. The summed E-state index contributed by atoms with van der Waals surface area (Å²) in [5.74, 6) is -1.37. The van der Waals surface area contributed by atoms with Crippen LogP contribution < -0.4 is 5.56 Å². The largest absolute Gasteiger partial charge is 0.268 e. The molecule has 3 nitrogen and oxygen atoms in total. The third kappa shape index (κ3) is 3.71. The van der Waals surface area contributed by atoms with Gasteiger partial charge in [-0.1, -0.05) is 28.1 Å². The van der Waals surface area contributed by atoms with E-state index in [1.54, 1.807) is 6.07 Å². The van der Waals surface area contributed by atoms with Crippen LogP contribution in [0.25, 0.3) is 11.3 Å². The van der Waals surface area contributed by atoms with Crippen LogP contribution in [0.4, 0.5) is 8.78 Å². The molecule has 0 saturated heterocycles. The lowest BCUT2D eigenvalue weighted by atomic mass is 10.1. The maximum Gasteiger partial charge on any atom is 0.267 e. The van der Waals surface area contributed by atoms with E-state index in [4.69, 9.17) is 0 Å². The second kappa shape index (κ2) is 6.42. The van der Waals surface area contributed by atoms with Gasteiger partial charge in [-0.15, -0.1) is 0 Å². The Morgan fingerprint density at radius 1 is 0.957 bits per heavy atom. The fourth-order valence-electron chi connectivity index (χ4n) is 2.21. The molecule has 0 atom stereocenters. The Bertz CT molecular complexity index is 887. The molecular weight excluding hydrogens is 366 g/mol. The molecule has 0 saturated carbocycles. The third-order valence-corrected chi connectivity index (χ3v) is 3.79. The Morgan fingerprint density at radius 3 is 2.26 bits per heavy atom. The first-order valence-corrected chi connectivity index (χ1v) is 7.60. The number of aromatic nitrogens is 2. The lowest BCUT2D eigenvalue weighted by Gasteiger charge is -2.08. The number of benzene rings is 2. The molecule has 1 heterocycles. The molecule has 3 rings (SSSR count). The molecule has 0 unspecified atom stereocenters. The van der Waals surface area contributed by atoms with Crippen LogP contribution in [0.2, 0.25) is 0 Å². The molecule has 23 heavy (non-hydrogen) atoms. The van der Waals surface area contributed by atoms with Crippen LogP contribution in [0.15, 0.2) is 63.9 Å². The average molecular weight is 377 g/mol. The predicted molar refractivity (Wildman–Crippen MR) is 87.1 cm³/mol. The molecule has 0 spiro atoms. The van der Waals surface area contributed by atoms with Crippen molar-refractivity contribution in [2.24, 2.45) is 0 Å². The first kappa shape index (κ1) is 15.6. The monoisotopic (exact) mass is 376 g/mol. The summed E-state index contributed by atoms with van der Waals surface area (Å²) in [7, 11) is 0. The van der Waals surface area contributed by atoms with Crippen molar-refractivity contribution in [3.63, 3.8) is 0 Å². The summed E-state index contributed by atoms with van der Waals surface area (Å²) >= 11 is 3.36. The maximum absolute atomic E-state index is 13.3. The van der Waals surface area contributed by atoms with Crippen LogP contribution >= 0.6 is 15.9 Å².